The number of phenols is 1. The zero-order chi connectivity index (χ0) is 15.2. The lowest BCUT2D eigenvalue weighted by atomic mass is 10.1. The number of amides is 1. The Balaban J connectivity index is 1.90. The summed E-state index contributed by atoms with van der Waals surface area (Å²) >= 11 is 2.11. The van der Waals surface area contributed by atoms with Crippen molar-refractivity contribution in [3.8, 4) is 11.5 Å². The first kappa shape index (κ1) is 15.6. The number of halogens is 1. The van der Waals surface area contributed by atoms with E-state index in [9.17, 15) is 9.90 Å². The fourth-order valence-electron chi connectivity index (χ4n) is 1.90. The fourth-order valence-corrected chi connectivity index (χ4v) is 2.39. The monoisotopic (exact) mass is 397 g/mol. The summed E-state index contributed by atoms with van der Waals surface area (Å²) in [6.07, 6.45) is 0.723. The molecule has 0 fully saturated rings. The van der Waals surface area contributed by atoms with Crippen molar-refractivity contribution in [2.24, 2.45) is 0 Å². The van der Waals surface area contributed by atoms with Gasteiger partial charge in [0.05, 0.1) is 12.7 Å². The molecule has 0 heterocycles. The van der Waals surface area contributed by atoms with Crippen molar-refractivity contribution in [2.45, 2.75) is 6.42 Å². The van der Waals surface area contributed by atoms with Crippen LogP contribution in [-0.4, -0.2) is 24.7 Å². The van der Waals surface area contributed by atoms with E-state index in [1.165, 1.54) is 6.07 Å². The van der Waals surface area contributed by atoms with Crippen molar-refractivity contribution in [3.05, 3.63) is 57.2 Å². The van der Waals surface area contributed by atoms with E-state index in [1.807, 2.05) is 24.3 Å². The summed E-state index contributed by atoms with van der Waals surface area (Å²) in [6.45, 7) is 0.510. The van der Waals surface area contributed by atoms with Crippen LogP contribution < -0.4 is 10.1 Å². The number of aromatic hydroxyl groups is 1. The number of methoxy groups -OCH3 is 1. The van der Waals surface area contributed by atoms with Crippen LogP contribution in [0.4, 0.5) is 0 Å². The maximum atomic E-state index is 12.0. The normalized spacial score (nSPS) is 10.2. The smallest absolute Gasteiger partial charge is 0.255 e. The number of phenolic OH excluding ortho intramolecular Hbond substituents is 1. The molecular weight excluding hydrogens is 381 g/mol. The van der Waals surface area contributed by atoms with Gasteiger partial charge in [-0.2, -0.15) is 0 Å². The van der Waals surface area contributed by atoms with Gasteiger partial charge in [-0.1, -0.05) is 12.1 Å². The second-order valence-corrected chi connectivity index (χ2v) is 5.76. The topological polar surface area (TPSA) is 58.6 Å². The Morgan fingerprint density at radius 1 is 1.24 bits per heavy atom. The number of benzene rings is 2. The quantitative estimate of drug-likeness (QED) is 0.763. The Bertz CT molecular complexity index is 626. The van der Waals surface area contributed by atoms with Crippen LogP contribution in [0.15, 0.2) is 42.5 Å². The summed E-state index contributed by atoms with van der Waals surface area (Å²) in [6, 6.07) is 12.7. The van der Waals surface area contributed by atoms with Crippen molar-refractivity contribution in [2.75, 3.05) is 13.7 Å². The van der Waals surface area contributed by atoms with Crippen LogP contribution in [0.3, 0.4) is 0 Å². The lowest BCUT2D eigenvalue weighted by Gasteiger charge is -2.08. The van der Waals surface area contributed by atoms with Crippen LogP contribution in [0.25, 0.3) is 0 Å². The summed E-state index contributed by atoms with van der Waals surface area (Å²) in [5, 5.41) is 12.5. The van der Waals surface area contributed by atoms with Crippen LogP contribution >= 0.6 is 22.6 Å². The first-order valence-corrected chi connectivity index (χ1v) is 7.57. The third-order valence-electron chi connectivity index (χ3n) is 3.06. The van der Waals surface area contributed by atoms with Crippen molar-refractivity contribution in [3.63, 3.8) is 0 Å². The Kier molecular flexibility index (Phi) is 5.44. The Hall–Kier alpha value is -1.76. The second-order valence-electron chi connectivity index (χ2n) is 4.52. The van der Waals surface area contributed by atoms with Gasteiger partial charge in [-0.25, -0.2) is 0 Å². The number of nitrogens with one attached hydrogen (secondary N) is 1. The molecule has 0 aromatic heterocycles. The summed E-state index contributed by atoms with van der Waals surface area (Å²) in [4.78, 5) is 12.0. The van der Waals surface area contributed by atoms with Gasteiger partial charge in [0.25, 0.3) is 5.91 Å². The molecule has 1 amide bonds. The summed E-state index contributed by atoms with van der Waals surface area (Å²) in [7, 11) is 1.63. The standard InChI is InChI=1S/C16H16INO3/c1-21-13-5-2-11(3-6-13)8-9-18-16(20)14-10-12(17)4-7-15(14)19/h2-7,10,19H,8-9H2,1H3,(H,18,20). The number of ether oxygens (including phenoxy) is 1. The second kappa shape index (κ2) is 7.31. The fraction of sp³-hybridized carbons (Fsp3) is 0.188. The average molecular weight is 397 g/mol. The predicted octanol–water partition coefficient (Wildman–Crippen LogP) is 2.98. The Morgan fingerprint density at radius 2 is 1.95 bits per heavy atom. The average Bonchev–Trinajstić information content (AvgIpc) is 2.50. The van der Waals surface area contributed by atoms with Crippen molar-refractivity contribution in [1.82, 2.24) is 5.32 Å². The first-order chi connectivity index (χ1) is 10.1. The molecule has 0 unspecified atom stereocenters. The van der Waals surface area contributed by atoms with Crippen LogP contribution in [-0.2, 0) is 6.42 Å². The van der Waals surface area contributed by atoms with Gasteiger partial charge in [-0.15, -0.1) is 0 Å². The molecule has 2 N–H and O–H groups in total. The van der Waals surface area contributed by atoms with E-state index in [1.54, 1.807) is 19.2 Å². The number of hydrogen-bond acceptors (Lipinski definition) is 3. The number of hydrogen-bond donors (Lipinski definition) is 2. The van der Waals surface area contributed by atoms with E-state index in [0.29, 0.717) is 12.1 Å². The van der Waals surface area contributed by atoms with E-state index in [4.69, 9.17) is 4.74 Å². The Morgan fingerprint density at radius 3 is 2.62 bits per heavy atom. The lowest BCUT2D eigenvalue weighted by molar-refractivity contribution is 0.0951. The van der Waals surface area contributed by atoms with Gasteiger partial charge in [0.15, 0.2) is 0 Å². The molecule has 5 heteroatoms. The molecule has 4 nitrogen and oxygen atoms in total. The highest BCUT2D eigenvalue weighted by Gasteiger charge is 2.10. The van der Waals surface area contributed by atoms with Gasteiger partial charge in [0.1, 0.15) is 11.5 Å². The molecule has 0 saturated heterocycles. The molecule has 0 radical (unpaired) electrons. The van der Waals surface area contributed by atoms with Gasteiger partial charge in [0, 0.05) is 10.1 Å². The maximum Gasteiger partial charge on any atom is 0.255 e. The SMILES string of the molecule is COc1ccc(CCNC(=O)c2cc(I)ccc2O)cc1. The van der Waals surface area contributed by atoms with Gasteiger partial charge in [-0.3, -0.25) is 4.79 Å². The van der Waals surface area contributed by atoms with Crippen LogP contribution in [0.5, 0.6) is 11.5 Å². The van der Waals surface area contributed by atoms with Gasteiger partial charge in [0.2, 0.25) is 0 Å². The summed E-state index contributed by atoms with van der Waals surface area (Å²) < 4.78 is 6.00. The highest BCUT2D eigenvalue weighted by molar-refractivity contribution is 14.1. The molecule has 0 spiro atoms. The number of rotatable bonds is 5. The van der Waals surface area contributed by atoms with Crippen LogP contribution in [0, 0.1) is 3.57 Å². The van der Waals surface area contributed by atoms with Gasteiger partial charge < -0.3 is 15.2 Å². The third-order valence-corrected chi connectivity index (χ3v) is 3.73. The molecule has 2 aromatic carbocycles. The lowest BCUT2D eigenvalue weighted by Crippen LogP contribution is -2.25. The highest BCUT2D eigenvalue weighted by atomic mass is 127. The molecule has 0 aliphatic rings. The van der Waals surface area contributed by atoms with Crippen molar-refractivity contribution >= 4 is 28.5 Å². The molecule has 2 aromatic rings. The molecule has 0 atom stereocenters. The maximum absolute atomic E-state index is 12.0. The molecule has 0 saturated carbocycles. The van der Waals surface area contributed by atoms with Gasteiger partial charge in [-0.05, 0) is 64.9 Å². The van der Waals surface area contributed by atoms with Gasteiger partial charge >= 0.3 is 0 Å². The Labute approximate surface area is 137 Å². The first-order valence-electron chi connectivity index (χ1n) is 6.50. The van der Waals surface area contributed by atoms with E-state index >= 15 is 0 Å². The van der Waals surface area contributed by atoms with Crippen LogP contribution in [0.2, 0.25) is 0 Å². The van der Waals surface area contributed by atoms with Crippen molar-refractivity contribution in [1.29, 1.82) is 0 Å². The minimum absolute atomic E-state index is 0.00244. The minimum atomic E-state index is -0.264. The molecule has 0 aliphatic carbocycles. The molecular formula is C16H16INO3. The molecule has 21 heavy (non-hydrogen) atoms. The largest absolute Gasteiger partial charge is 0.507 e. The predicted molar refractivity (Wildman–Crippen MR) is 89.9 cm³/mol. The minimum Gasteiger partial charge on any atom is -0.507 e. The zero-order valence-electron chi connectivity index (χ0n) is 11.6. The third kappa shape index (κ3) is 4.35. The van der Waals surface area contributed by atoms with E-state index in [-0.39, 0.29) is 11.7 Å². The molecule has 0 aliphatic heterocycles. The molecule has 2 rings (SSSR count). The number of carbonyl (C=O) groups is 1. The highest BCUT2D eigenvalue weighted by Crippen LogP contribution is 2.19. The molecule has 0 bridgehead atoms. The van der Waals surface area contributed by atoms with E-state index in [2.05, 4.69) is 27.9 Å². The molecule has 110 valence electrons. The summed E-state index contributed by atoms with van der Waals surface area (Å²) in [5.74, 6) is 0.545. The number of carbonyl (C=O) groups excluding carboxylic acids is 1. The zero-order valence-corrected chi connectivity index (χ0v) is 13.8. The van der Waals surface area contributed by atoms with E-state index < -0.39 is 0 Å². The van der Waals surface area contributed by atoms with Crippen molar-refractivity contribution < 1.29 is 14.6 Å². The van der Waals surface area contributed by atoms with Crippen LogP contribution in [0.1, 0.15) is 15.9 Å². The summed E-state index contributed by atoms with van der Waals surface area (Å²) in [5.41, 5.74) is 1.42. The van der Waals surface area contributed by atoms with E-state index in [0.717, 1.165) is 21.3 Å².